The van der Waals surface area contributed by atoms with Gasteiger partial charge in [0.2, 0.25) is 0 Å². The smallest absolute Gasteiger partial charge is 0 e. The molecule has 84 valence electrons. The van der Waals surface area contributed by atoms with Gasteiger partial charge in [-0.3, -0.25) is 0 Å². The van der Waals surface area contributed by atoms with Crippen LogP contribution in [0, 0.1) is 0 Å². The quantitative estimate of drug-likeness (QED) is 0.349. The number of rotatable bonds is 2. The number of halogens is 2. The van der Waals surface area contributed by atoms with E-state index in [9.17, 15) is 0 Å². The van der Waals surface area contributed by atoms with Gasteiger partial charge < -0.3 is 24.8 Å². The van der Waals surface area contributed by atoms with Crippen LogP contribution in [-0.2, 0) is 40.8 Å². The molecule has 0 fully saturated rings. The Morgan fingerprint density at radius 1 is 0.833 bits per heavy atom. The molecule has 0 aliphatic heterocycles. The zero-order valence-electron chi connectivity index (χ0n) is 7.37. The summed E-state index contributed by atoms with van der Waals surface area (Å²) in [5, 5.41) is 0. The van der Waals surface area contributed by atoms with Crippen molar-refractivity contribution in [3.63, 3.8) is 0 Å². The average Bonchev–Trinajstić information content (AvgIpc) is 1.88. The molecule has 0 unspecified atom stereocenters. The normalized spacial score (nSPS) is 4.17. The van der Waals surface area contributed by atoms with E-state index in [0.717, 1.165) is 12.8 Å². The number of hydrogen-bond donors (Lipinski definition) is 0. The van der Waals surface area contributed by atoms with Crippen molar-refractivity contribution in [3.8, 4) is 0 Å². The van der Waals surface area contributed by atoms with E-state index in [1.807, 2.05) is 12.2 Å². The van der Waals surface area contributed by atoms with Gasteiger partial charge in [0.25, 0.3) is 0 Å². The van der Waals surface area contributed by atoms with Crippen molar-refractivity contribution >= 4 is 0 Å². The van der Waals surface area contributed by atoms with Gasteiger partial charge in [-0.1, -0.05) is 26.0 Å². The van der Waals surface area contributed by atoms with E-state index in [1.54, 1.807) is 0 Å². The molecule has 0 aliphatic carbocycles. The molecular weight excluding hydrogens is 380 g/mol. The zero-order chi connectivity index (χ0) is 6.83. The summed E-state index contributed by atoms with van der Waals surface area (Å²) in [6, 6.07) is 0. The Hall–Kier alpha value is 1.38. The Morgan fingerprint density at radius 3 is 0.917 bits per heavy atom. The zero-order valence-corrected chi connectivity index (χ0v) is 12.0. The van der Waals surface area contributed by atoms with Gasteiger partial charge in [-0.05, 0) is 12.8 Å². The van der Waals surface area contributed by atoms with E-state index in [4.69, 9.17) is 0 Å². The predicted molar refractivity (Wildman–Crippen MR) is 41.0 cm³/mol. The summed E-state index contributed by atoms with van der Waals surface area (Å²) in [5.74, 6) is 0. The van der Waals surface area contributed by atoms with Crippen LogP contribution >= 0.6 is 0 Å². The van der Waals surface area contributed by atoms with Crippen molar-refractivity contribution < 1.29 is 65.7 Å². The molecule has 0 spiro atoms. The molecule has 0 aliphatic rings. The van der Waals surface area contributed by atoms with Gasteiger partial charge in [0.05, 0.1) is 0 Å². The monoisotopic (exact) mass is 394 g/mol. The minimum Gasteiger partial charge on any atom is -1.00 e. The molecule has 0 rings (SSSR count). The van der Waals surface area contributed by atoms with Crippen LogP contribution < -0.4 is 24.8 Å². The third kappa shape index (κ3) is 107. The fourth-order valence-corrected chi connectivity index (χ4v) is 0. The fourth-order valence-electron chi connectivity index (χ4n) is 0. The summed E-state index contributed by atoms with van der Waals surface area (Å²) in [7, 11) is 0. The molecule has 0 aromatic rings. The first-order chi connectivity index (χ1) is 3.83. The van der Waals surface area contributed by atoms with Gasteiger partial charge in [0, 0.05) is 40.8 Å². The fraction of sp³-hybridized carbons (Fsp3) is 0.500. The first-order valence-corrected chi connectivity index (χ1v) is 3.05. The van der Waals surface area contributed by atoms with E-state index >= 15 is 0 Å². The molecular formula is C8H16Cl2Pd2-2. The van der Waals surface area contributed by atoms with Crippen LogP contribution in [0.1, 0.15) is 26.7 Å². The van der Waals surface area contributed by atoms with Gasteiger partial charge in [-0.25, -0.2) is 0 Å². The van der Waals surface area contributed by atoms with Gasteiger partial charge >= 0.3 is 0 Å². The minimum absolute atomic E-state index is 0. The topological polar surface area (TPSA) is 0 Å². The molecule has 0 heterocycles. The molecule has 12 heavy (non-hydrogen) atoms. The first-order valence-electron chi connectivity index (χ1n) is 3.05. The molecule has 0 bridgehead atoms. The van der Waals surface area contributed by atoms with Crippen LogP contribution in [0.2, 0.25) is 0 Å². The van der Waals surface area contributed by atoms with Crippen molar-refractivity contribution in [1.29, 1.82) is 0 Å². The maximum absolute atomic E-state index is 3.48. The van der Waals surface area contributed by atoms with Crippen molar-refractivity contribution in [2.45, 2.75) is 26.7 Å². The Bertz CT molecular complexity index is 51.0. The van der Waals surface area contributed by atoms with E-state index in [1.165, 1.54) is 0 Å². The Balaban J connectivity index is -0.0000000112. The number of allylic oxidation sites excluding steroid dienone is 2. The Kier molecular flexibility index (Phi) is 174. The van der Waals surface area contributed by atoms with Crippen LogP contribution in [0.3, 0.4) is 0 Å². The third-order valence-corrected chi connectivity index (χ3v) is 0.577. The first kappa shape index (κ1) is 37.6. The summed E-state index contributed by atoms with van der Waals surface area (Å²) in [5.41, 5.74) is 0. The minimum atomic E-state index is 0. The molecule has 0 saturated carbocycles. The molecule has 0 saturated heterocycles. The summed E-state index contributed by atoms with van der Waals surface area (Å²) < 4.78 is 0. The summed E-state index contributed by atoms with van der Waals surface area (Å²) in [4.78, 5) is 0. The molecule has 0 N–H and O–H groups in total. The van der Waals surface area contributed by atoms with Gasteiger partial charge in [-0.15, -0.1) is 13.2 Å². The molecule has 0 aromatic carbocycles. The SMILES string of the molecule is C=CCC.C=CCC.[Cl-].[Cl-].[Pd].[Pd]. The van der Waals surface area contributed by atoms with E-state index in [0.29, 0.717) is 0 Å². The molecule has 0 aromatic heterocycles. The van der Waals surface area contributed by atoms with Crippen molar-refractivity contribution in [1.82, 2.24) is 0 Å². The summed E-state index contributed by atoms with van der Waals surface area (Å²) in [6.45, 7) is 11.1. The van der Waals surface area contributed by atoms with E-state index < -0.39 is 0 Å². The Labute approximate surface area is 117 Å². The van der Waals surface area contributed by atoms with Crippen molar-refractivity contribution in [2.75, 3.05) is 0 Å². The van der Waals surface area contributed by atoms with E-state index in [-0.39, 0.29) is 65.7 Å². The second-order valence-corrected chi connectivity index (χ2v) is 1.39. The summed E-state index contributed by atoms with van der Waals surface area (Å²) in [6.07, 6.45) is 5.92. The van der Waals surface area contributed by atoms with Gasteiger partial charge in [0.1, 0.15) is 0 Å². The second-order valence-electron chi connectivity index (χ2n) is 1.39. The molecule has 0 nitrogen and oxygen atoms in total. The van der Waals surface area contributed by atoms with E-state index in [2.05, 4.69) is 27.0 Å². The van der Waals surface area contributed by atoms with Crippen LogP contribution in [0.5, 0.6) is 0 Å². The van der Waals surface area contributed by atoms with Gasteiger partial charge in [-0.2, -0.15) is 0 Å². The van der Waals surface area contributed by atoms with Crippen molar-refractivity contribution in [2.24, 2.45) is 0 Å². The summed E-state index contributed by atoms with van der Waals surface area (Å²) >= 11 is 0. The average molecular weight is 396 g/mol. The molecule has 4 heteroatoms. The van der Waals surface area contributed by atoms with Crippen molar-refractivity contribution in [3.05, 3.63) is 25.3 Å². The van der Waals surface area contributed by atoms with Gasteiger partial charge in [0.15, 0.2) is 0 Å². The molecule has 0 radical (unpaired) electrons. The van der Waals surface area contributed by atoms with Crippen LogP contribution in [-0.4, -0.2) is 0 Å². The van der Waals surface area contributed by atoms with Crippen LogP contribution in [0.15, 0.2) is 25.3 Å². The maximum atomic E-state index is 3.48. The maximum Gasteiger partial charge on any atom is 0 e. The largest absolute Gasteiger partial charge is 1.00 e. The molecule has 0 amide bonds. The van der Waals surface area contributed by atoms with Crippen LogP contribution in [0.4, 0.5) is 0 Å². The Morgan fingerprint density at radius 2 is 0.917 bits per heavy atom. The molecule has 0 atom stereocenters. The standard InChI is InChI=1S/2C4H8.2ClH.2Pd/c2*1-3-4-2;;;;/h2*3H,1,4H2,2H3;2*1H;;/p-2. The predicted octanol–water partition coefficient (Wildman–Crippen LogP) is -2.83. The van der Waals surface area contributed by atoms with Crippen LogP contribution in [0.25, 0.3) is 0 Å². The number of hydrogen-bond acceptors (Lipinski definition) is 0. The second kappa shape index (κ2) is 55.4. The third-order valence-electron chi connectivity index (χ3n) is 0.577.